The number of nitrogens with zero attached hydrogens (tertiary/aromatic N) is 1. The number of alkyl halides is 3. The van der Waals surface area contributed by atoms with Crippen LogP contribution in [0, 0.1) is 5.82 Å². The number of carboxylic acid groups (broad SMARTS) is 1. The van der Waals surface area contributed by atoms with Gasteiger partial charge in [0.05, 0.1) is 17.7 Å². The topological polar surface area (TPSA) is 68.5 Å². The number of aromatic carboxylic acids is 1. The summed E-state index contributed by atoms with van der Waals surface area (Å²) in [5.41, 5.74) is -0.759. The van der Waals surface area contributed by atoms with Crippen molar-refractivity contribution in [2.24, 2.45) is 0 Å². The van der Waals surface area contributed by atoms with Gasteiger partial charge in [-0.3, -0.25) is 9.53 Å². The molecule has 0 saturated carbocycles. The molecule has 5 nitrogen and oxygen atoms in total. The van der Waals surface area contributed by atoms with Gasteiger partial charge in [0, 0.05) is 17.8 Å². The molecule has 2 atom stereocenters. The Bertz CT molecular complexity index is 859. The normalized spacial score (nSPS) is 14.1. The molecule has 140 valence electrons. The second-order valence-corrected chi connectivity index (χ2v) is 5.67. The van der Waals surface area contributed by atoms with Crippen LogP contribution in [0.2, 0.25) is 0 Å². The summed E-state index contributed by atoms with van der Waals surface area (Å²) < 4.78 is 55.2. The van der Waals surface area contributed by atoms with E-state index in [1.807, 2.05) is 0 Å². The van der Waals surface area contributed by atoms with E-state index < -0.39 is 35.9 Å². The third-order valence-corrected chi connectivity index (χ3v) is 3.90. The molecule has 0 amide bonds. The van der Waals surface area contributed by atoms with Gasteiger partial charge in [0.15, 0.2) is 0 Å². The molecule has 0 fully saturated rings. The molecule has 0 saturated heterocycles. The molecule has 0 bridgehead atoms. The maximum atomic E-state index is 13.1. The summed E-state index contributed by atoms with van der Waals surface area (Å²) in [7, 11) is 0. The number of hydrogen-bond donors (Lipinski definition) is 1. The van der Waals surface area contributed by atoms with Gasteiger partial charge in [0.2, 0.25) is 0 Å². The zero-order valence-electron chi connectivity index (χ0n) is 13.7. The molecule has 0 spiro atoms. The first kappa shape index (κ1) is 19.6. The highest BCUT2D eigenvalue weighted by molar-refractivity contribution is 5.95. The number of halogens is 4. The fourth-order valence-electron chi connectivity index (χ4n) is 2.44. The Hall–Kier alpha value is -2.68. The van der Waals surface area contributed by atoms with Gasteiger partial charge in [-0.15, -0.1) is 13.2 Å². The Morgan fingerprint density at radius 3 is 2.27 bits per heavy atom. The van der Waals surface area contributed by atoms with Crippen LogP contribution in [-0.4, -0.2) is 28.1 Å². The summed E-state index contributed by atoms with van der Waals surface area (Å²) in [5, 5.41) is 9.30. The van der Waals surface area contributed by atoms with E-state index in [1.165, 1.54) is 19.1 Å². The third-order valence-electron chi connectivity index (χ3n) is 3.90. The maximum Gasteiger partial charge on any atom is 0.522 e. The quantitative estimate of drug-likeness (QED) is 0.809. The van der Waals surface area contributed by atoms with Gasteiger partial charge >= 0.3 is 12.3 Å². The Labute approximate surface area is 145 Å². The molecule has 1 heterocycles. The first-order valence-corrected chi connectivity index (χ1v) is 7.49. The smallest absolute Gasteiger partial charge is 0.478 e. The van der Waals surface area contributed by atoms with Crippen LogP contribution in [0.1, 0.15) is 30.2 Å². The zero-order valence-corrected chi connectivity index (χ0v) is 13.7. The van der Waals surface area contributed by atoms with E-state index in [0.29, 0.717) is 5.56 Å². The van der Waals surface area contributed by atoms with Gasteiger partial charge < -0.3 is 9.67 Å². The average Bonchev–Trinajstić information content (AvgIpc) is 2.53. The summed E-state index contributed by atoms with van der Waals surface area (Å²) in [6.45, 7) is 2.49. The van der Waals surface area contributed by atoms with Crippen molar-refractivity contribution in [3.8, 4) is 11.1 Å². The van der Waals surface area contributed by atoms with Gasteiger partial charge in [-0.05, 0) is 31.5 Å². The molecule has 0 aliphatic heterocycles. The summed E-state index contributed by atoms with van der Waals surface area (Å²) in [6.07, 6.45) is -5.14. The fourth-order valence-corrected chi connectivity index (χ4v) is 2.44. The number of benzene rings is 1. The first-order chi connectivity index (χ1) is 12.0. The molecule has 2 rings (SSSR count). The summed E-state index contributed by atoms with van der Waals surface area (Å²) in [5.74, 6) is -1.93. The highest BCUT2D eigenvalue weighted by Gasteiger charge is 2.34. The Morgan fingerprint density at radius 1 is 1.19 bits per heavy atom. The van der Waals surface area contributed by atoms with Crippen LogP contribution in [0.3, 0.4) is 0 Å². The summed E-state index contributed by atoms with van der Waals surface area (Å²) in [4.78, 5) is 23.6. The SMILES string of the molecule is CC(OC(F)(F)F)C(C)n1cc(-c2ccc(F)cc2)c(C(=O)O)cc1=O. The zero-order chi connectivity index (χ0) is 19.6. The number of rotatable bonds is 5. The van der Waals surface area contributed by atoms with Gasteiger partial charge in [0.1, 0.15) is 5.82 Å². The van der Waals surface area contributed by atoms with Crippen molar-refractivity contribution >= 4 is 5.97 Å². The van der Waals surface area contributed by atoms with Crippen LogP contribution >= 0.6 is 0 Å². The summed E-state index contributed by atoms with van der Waals surface area (Å²) >= 11 is 0. The molecular formula is C17H15F4NO4. The molecule has 1 N–H and O–H groups in total. The van der Waals surface area contributed by atoms with Crippen molar-refractivity contribution in [3.63, 3.8) is 0 Å². The van der Waals surface area contributed by atoms with Gasteiger partial charge in [-0.25, -0.2) is 9.18 Å². The van der Waals surface area contributed by atoms with Gasteiger partial charge in [-0.1, -0.05) is 12.1 Å². The molecule has 1 aromatic carbocycles. The van der Waals surface area contributed by atoms with E-state index in [1.54, 1.807) is 0 Å². The van der Waals surface area contributed by atoms with E-state index in [9.17, 15) is 32.3 Å². The number of aromatic nitrogens is 1. The molecule has 0 aliphatic carbocycles. The fraction of sp³-hybridized carbons (Fsp3) is 0.294. The largest absolute Gasteiger partial charge is 0.522 e. The Kier molecular flexibility index (Phi) is 5.50. The highest BCUT2D eigenvalue weighted by Crippen LogP contribution is 2.27. The number of ether oxygens (including phenoxy) is 1. The lowest BCUT2D eigenvalue weighted by Gasteiger charge is -2.24. The monoisotopic (exact) mass is 373 g/mol. The van der Waals surface area contributed by atoms with Crippen molar-refractivity contribution in [1.82, 2.24) is 4.57 Å². The van der Waals surface area contributed by atoms with Crippen LogP contribution in [0.25, 0.3) is 11.1 Å². The van der Waals surface area contributed by atoms with Crippen LogP contribution in [0.4, 0.5) is 17.6 Å². The predicted octanol–water partition coefficient (Wildman–Crippen LogP) is 3.84. The second-order valence-electron chi connectivity index (χ2n) is 5.67. The van der Waals surface area contributed by atoms with Crippen LogP contribution in [0.15, 0.2) is 41.3 Å². The molecule has 9 heteroatoms. The van der Waals surface area contributed by atoms with E-state index >= 15 is 0 Å². The van der Waals surface area contributed by atoms with Gasteiger partial charge in [0.25, 0.3) is 5.56 Å². The molecule has 0 radical (unpaired) electrons. The number of carbonyl (C=O) groups is 1. The van der Waals surface area contributed by atoms with Crippen molar-refractivity contribution in [3.05, 3.63) is 58.3 Å². The molecule has 2 unspecified atom stereocenters. The van der Waals surface area contributed by atoms with Crippen molar-refractivity contribution in [2.45, 2.75) is 32.4 Å². The van der Waals surface area contributed by atoms with Crippen molar-refractivity contribution in [2.75, 3.05) is 0 Å². The standard InChI is InChI=1S/C17H15F4NO4/c1-9(10(2)26-17(19,20)21)22-8-14(11-3-5-12(18)6-4-11)13(16(24)25)7-15(22)23/h3-10H,1-2H3,(H,24,25). The number of pyridine rings is 1. The lowest BCUT2D eigenvalue weighted by atomic mass is 10.0. The summed E-state index contributed by atoms with van der Waals surface area (Å²) in [6, 6.07) is 4.62. The minimum Gasteiger partial charge on any atom is -0.478 e. The molecule has 2 aromatic rings. The van der Waals surface area contributed by atoms with Gasteiger partial charge in [-0.2, -0.15) is 0 Å². The van der Waals surface area contributed by atoms with E-state index in [2.05, 4.69) is 4.74 Å². The third kappa shape index (κ3) is 4.48. The minimum atomic E-state index is -4.88. The Morgan fingerprint density at radius 2 is 1.77 bits per heavy atom. The maximum absolute atomic E-state index is 13.1. The van der Waals surface area contributed by atoms with Crippen molar-refractivity contribution in [1.29, 1.82) is 0 Å². The lowest BCUT2D eigenvalue weighted by Crippen LogP contribution is -2.34. The highest BCUT2D eigenvalue weighted by atomic mass is 19.4. The average molecular weight is 373 g/mol. The predicted molar refractivity (Wildman–Crippen MR) is 84.4 cm³/mol. The minimum absolute atomic E-state index is 0.0724. The number of carboxylic acids is 1. The van der Waals surface area contributed by atoms with Crippen LogP contribution in [-0.2, 0) is 4.74 Å². The molecular weight excluding hydrogens is 358 g/mol. The molecule has 1 aromatic heterocycles. The van der Waals surface area contributed by atoms with E-state index in [4.69, 9.17) is 0 Å². The lowest BCUT2D eigenvalue weighted by molar-refractivity contribution is -0.344. The first-order valence-electron chi connectivity index (χ1n) is 7.49. The van der Waals surface area contributed by atoms with Crippen LogP contribution < -0.4 is 5.56 Å². The van der Waals surface area contributed by atoms with E-state index in [0.717, 1.165) is 35.9 Å². The molecule has 0 aliphatic rings. The second kappa shape index (κ2) is 7.28. The van der Waals surface area contributed by atoms with Crippen LogP contribution in [0.5, 0.6) is 0 Å². The van der Waals surface area contributed by atoms with E-state index in [-0.39, 0.29) is 11.1 Å². The Balaban J connectivity index is 2.55. The number of hydrogen-bond acceptors (Lipinski definition) is 3. The van der Waals surface area contributed by atoms with Crippen molar-refractivity contribution < 1.29 is 32.2 Å². The molecule has 26 heavy (non-hydrogen) atoms.